The van der Waals surface area contributed by atoms with Crippen LogP contribution in [0.25, 0.3) is 0 Å². The fourth-order valence-corrected chi connectivity index (χ4v) is 2.96. The Morgan fingerprint density at radius 2 is 2.05 bits per heavy atom. The number of hydrogen-bond donors (Lipinski definition) is 2. The van der Waals surface area contributed by atoms with Crippen LogP contribution in [-0.4, -0.2) is 48.3 Å². The molecular formula is C17H31N3O2. The molecule has 1 heterocycles. The zero-order valence-corrected chi connectivity index (χ0v) is 14.2. The first kappa shape index (κ1) is 17.3. The van der Waals surface area contributed by atoms with Gasteiger partial charge in [0.15, 0.2) is 0 Å². The molecule has 1 aliphatic heterocycles. The lowest BCUT2D eigenvalue weighted by Gasteiger charge is -2.31. The number of hydrogen-bond acceptors (Lipinski definition) is 4. The molecule has 1 fully saturated rings. The molecule has 0 saturated heterocycles. The van der Waals surface area contributed by atoms with Crippen LogP contribution in [0.1, 0.15) is 52.9 Å². The van der Waals surface area contributed by atoms with Gasteiger partial charge in [0.25, 0.3) is 0 Å². The summed E-state index contributed by atoms with van der Waals surface area (Å²) in [4.78, 5) is 13.8. The number of carbonyl (C=O) groups is 1. The summed E-state index contributed by atoms with van der Waals surface area (Å²) in [5.41, 5.74) is 6.91. The Bertz CT molecular complexity index is 407. The molecule has 22 heavy (non-hydrogen) atoms. The number of nitrogens with two attached hydrogens (primary N) is 1. The lowest BCUT2D eigenvalue weighted by atomic mass is 9.91. The zero-order valence-electron chi connectivity index (χ0n) is 14.2. The zero-order chi connectivity index (χ0) is 16.2. The maximum atomic E-state index is 12.0. The second kappa shape index (κ2) is 7.47. The van der Waals surface area contributed by atoms with Gasteiger partial charge in [-0.25, -0.2) is 4.79 Å². The Kier molecular flexibility index (Phi) is 5.87. The predicted molar refractivity (Wildman–Crippen MR) is 88.7 cm³/mol. The van der Waals surface area contributed by atoms with E-state index in [1.807, 2.05) is 20.8 Å². The van der Waals surface area contributed by atoms with Crippen LogP contribution in [0.2, 0.25) is 0 Å². The molecule has 5 heteroatoms. The number of ether oxygens (including phenoxy) is 1. The van der Waals surface area contributed by atoms with Crippen LogP contribution in [0, 0.1) is 0 Å². The molecule has 0 aromatic carbocycles. The Morgan fingerprint density at radius 1 is 1.36 bits per heavy atom. The minimum absolute atomic E-state index is 0.211. The molecule has 2 aliphatic rings. The molecule has 0 aromatic rings. The fraction of sp³-hybridized carbons (Fsp3) is 0.824. The second-order valence-corrected chi connectivity index (χ2v) is 7.53. The molecule has 2 rings (SSSR count). The third kappa shape index (κ3) is 5.61. The molecule has 0 unspecified atom stereocenters. The normalized spacial score (nSPS) is 26.5. The minimum atomic E-state index is -0.426. The van der Waals surface area contributed by atoms with E-state index in [0.717, 1.165) is 32.4 Å². The molecule has 0 aromatic heterocycles. The van der Waals surface area contributed by atoms with E-state index in [4.69, 9.17) is 10.5 Å². The summed E-state index contributed by atoms with van der Waals surface area (Å²) in [5, 5.41) is 3.64. The van der Waals surface area contributed by atoms with Crippen molar-refractivity contribution in [2.75, 3.05) is 19.6 Å². The minimum Gasteiger partial charge on any atom is -0.444 e. The van der Waals surface area contributed by atoms with E-state index < -0.39 is 5.60 Å². The van der Waals surface area contributed by atoms with E-state index in [-0.39, 0.29) is 6.09 Å². The lowest BCUT2D eigenvalue weighted by molar-refractivity contribution is 0.0265. The van der Waals surface area contributed by atoms with E-state index >= 15 is 0 Å². The second-order valence-electron chi connectivity index (χ2n) is 7.53. The summed E-state index contributed by atoms with van der Waals surface area (Å²) in [7, 11) is 0. The van der Waals surface area contributed by atoms with Gasteiger partial charge >= 0.3 is 6.09 Å². The van der Waals surface area contributed by atoms with Gasteiger partial charge in [0, 0.05) is 31.7 Å². The molecule has 0 atom stereocenters. The average molecular weight is 309 g/mol. The van der Waals surface area contributed by atoms with Gasteiger partial charge < -0.3 is 20.7 Å². The summed E-state index contributed by atoms with van der Waals surface area (Å²) < 4.78 is 5.41. The molecule has 126 valence electrons. The van der Waals surface area contributed by atoms with Crippen molar-refractivity contribution in [3.8, 4) is 0 Å². The molecular weight excluding hydrogens is 278 g/mol. The fourth-order valence-electron chi connectivity index (χ4n) is 2.96. The van der Waals surface area contributed by atoms with Crippen molar-refractivity contribution in [3.63, 3.8) is 0 Å². The van der Waals surface area contributed by atoms with Crippen molar-refractivity contribution in [1.29, 1.82) is 0 Å². The smallest absolute Gasteiger partial charge is 0.410 e. The lowest BCUT2D eigenvalue weighted by Crippen LogP contribution is -2.41. The highest BCUT2D eigenvalue weighted by atomic mass is 16.6. The van der Waals surface area contributed by atoms with E-state index in [1.54, 1.807) is 4.90 Å². The van der Waals surface area contributed by atoms with Gasteiger partial charge in [-0.05, 0) is 52.9 Å². The highest BCUT2D eigenvalue weighted by Crippen LogP contribution is 2.18. The maximum Gasteiger partial charge on any atom is 0.410 e. The summed E-state index contributed by atoms with van der Waals surface area (Å²) >= 11 is 0. The van der Waals surface area contributed by atoms with Gasteiger partial charge in [0.2, 0.25) is 0 Å². The molecule has 5 nitrogen and oxygen atoms in total. The highest BCUT2D eigenvalue weighted by molar-refractivity contribution is 5.68. The summed E-state index contributed by atoms with van der Waals surface area (Å²) in [6.07, 6.45) is 7.49. The standard InChI is InChI=1S/C17H31N3O2/c1-17(2,3)22-16(21)20-10-8-13(9-11-20)12-19-15-6-4-14(18)5-7-15/h8,14-15,19H,4-7,9-12,18H2,1-3H3. The van der Waals surface area contributed by atoms with Crippen LogP contribution in [0.5, 0.6) is 0 Å². The van der Waals surface area contributed by atoms with Crippen LogP contribution in [0.15, 0.2) is 11.6 Å². The van der Waals surface area contributed by atoms with Gasteiger partial charge in [-0.3, -0.25) is 0 Å². The SMILES string of the molecule is CC(C)(C)OC(=O)N1CC=C(CNC2CCC(N)CC2)CC1. The average Bonchev–Trinajstić information content (AvgIpc) is 2.45. The van der Waals surface area contributed by atoms with Crippen LogP contribution >= 0.6 is 0 Å². The molecule has 1 aliphatic carbocycles. The van der Waals surface area contributed by atoms with Gasteiger partial charge in [-0.1, -0.05) is 11.6 Å². The van der Waals surface area contributed by atoms with Gasteiger partial charge in [0.1, 0.15) is 5.60 Å². The van der Waals surface area contributed by atoms with Crippen molar-refractivity contribution in [1.82, 2.24) is 10.2 Å². The molecule has 0 spiro atoms. The Balaban J connectivity index is 1.71. The van der Waals surface area contributed by atoms with E-state index in [9.17, 15) is 4.79 Å². The Hall–Kier alpha value is -1.07. The predicted octanol–water partition coefficient (Wildman–Crippen LogP) is 2.41. The summed E-state index contributed by atoms with van der Waals surface area (Å²) in [6.45, 7) is 8.03. The van der Waals surface area contributed by atoms with Crippen LogP contribution in [0.4, 0.5) is 4.79 Å². The van der Waals surface area contributed by atoms with Crippen molar-refractivity contribution >= 4 is 6.09 Å². The molecule has 0 bridgehead atoms. The number of nitrogens with zero attached hydrogens (tertiary/aromatic N) is 1. The van der Waals surface area contributed by atoms with E-state index in [1.165, 1.54) is 18.4 Å². The van der Waals surface area contributed by atoms with Crippen molar-refractivity contribution < 1.29 is 9.53 Å². The van der Waals surface area contributed by atoms with E-state index in [2.05, 4.69) is 11.4 Å². The molecule has 1 amide bonds. The monoisotopic (exact) mass is 309 g/mol. The maximum absolute atomic E-state index is 12.0. The van der Waals surface area contributed by atoms with Gasteiger partial charge in [-0.2, -0.15) is 0 Å². The van der Waals surface area contributed by atoms with Crippen LogP contribution in [0.3, 0.4) is 0 Å². The topological polar surface area (TPSA) is 67.6 Å². The first-order valence-electron chi connectivity index (χ1n) is 8.48. The molecule has 3 N–H and O–H groups in total. The van der Waals surface area contributed by atoms with Crippen LogP contribution in [-0.2, 0) is 4.74 Å². The quantitative estimate of drug-likeness (QED) is 0.786. The van der Waals surface area contributed by atoms with Crippen molar-refractivity contribution in [2.24, 2.45) is 5.73 Å². The summed E-state index contributed by atoms with van der Waals surface area (Å²) in [5.74, 6) is 0. The molecule has 0 radical (unpaired) electrons. The highest BCUT2D eigenvalue weighted by Gasteiger charge is 2.24. The largest absolute Gasteiger partial charge is 0.444 e. The van der Waals surface area contributed by atoms with Crippen molar-refractivity contribution in [3.05, 3.63) is 11.6 Å². The number of carbonyl (C=O) groups excluding carboxylic acids is 1. The third-order valence-corrected chi connectivity index (χ3v) is 4.34. The molecule has 1 saturated carbocycles. The number of amides is 1. The van der Waals surface area contributed by atoms with Gasteiger partial charge in [-0.15, -0.1) is 0 Å². The Morgan fingerprint density at radius 3 is 2.59 bits per heavy atom. The third-order valence-electron chi connectivity index (χ3n) is 4.34. The van der Waals surface area contributed by atoms with Gasteiger partial charge in [0.05, 0.1) is 0 Å². The van der Waals surface area contributed by atoms with Crippen LogP contribution < -0.4 is 11.1 Å². The first-order chi connectivity index (χ1) is 10.3. The summed E-state index contributed by atoms with van der Waals surface area (Å²) in [6, 6.07) is 0.999. The number of nitrogens with one attached hydrogen (secondary N) is 1. The Labute approximate surface area is 134 Å². The van der Waals surface area contributed by atoms with Crippen molar-refractivity contribution in [2.45, 2.75) is 70.6 Å². The van der Waals surface area contributed by atoms with E-state index in [0.29, 0.717) is 18.6 Å². The number of rotatable bonds is 3. The first-order valence-corrected chi connectivity index (χ1v) is 8.48.